The van der Waals surface area contributed by atoms with Crippen molar-refractivity contribution >= 4 is 33.1 Å². The van der Waals surface area contributed by atoms with Crippen LogP contribution in [0.4, 0.5) is 0 Å². The summed E-state index contributed by atoms with van der Waals surface area (Å²) in [7, 11) is 0. The molecule has 16 heavy (non-hydrogen) atoms. The lowest BCUT2D eigenvalue weighted by atomic mass is 10.3. The number of hydrogen-bond donors (Lipinski definition) is 1. The molecule has 0 aliphatic rings. The zero-order valence-corrected chi connectivity index (χ0v) is 10.9. The summed E-state index contributed by atoms with van der Waals surface area (Å²) in [5.41, 5.74) is 6.48. The molecule has 0 aliphatic heterocycles. The smallest absolute Gasteiger partial charge is 0.173 e. The van der Waals surface area contributed by atoms with Crippen LogP contribution >= 0.6 is 28.1 Å². The molecule has 0 saturated heterocycles. The van der Waals surface area contributed by atoms with Gasteiger partial charge in [-0.05, 0) is 35.0 Å². The van der Waals surface area contributed by atoms with Crippen LogP contribution in [0.5, 0.6) is 0 Å². The largest absolute Gasteiger partial charge is 0.387 e. The van der Waals surface area contributed by atoms with Crippen molar-refractivity contribution in [3.05, 3.63) is 40.5 Å². The van der Waals surface area contributed by atoms with Crippen molar-refractivity contribution in [2.45, 2.75) is 6.92 Å². The van der Waals surface area contributed by atoms with E-state index in [4.69, 9.17) is 18.0 Å². The van der Waals surface area contributed by atoms with Crippen molar-refractivity contribution in [1.82, 2.24) is 14.5 Å². The van der Waals surface area contributed by atoms with E-state index in [2.05, 4.69) is 25.9 Å². The molecule has 0 saturated carbocycles. The van der Waals surface area contributed by atoms with Crippen molar-refractivity contribution in [1.29, 1.82) is 0 Å². The van der Waals surface area contributed by atoms with Crippen molar-refractivity contribution in [2.75, 3.05) is 0 Å². The van der Waals surface area contributed by atoms with Gasteiger partial charge in [-0.3, -0.25) is 4.57 Å². The van der Waals surface area contributed by atoms with E-state index in [0.717, 1.165) is 16.0 Å². The van der Waals surface area contributed by atoms with Gasteiger partial charge in [0.2, 0.25) is 0 Å². The highest BCUT2D eigenvalue weighted by atomic mass is 79.9. The Bertz CT molecular complexity index is 550. The zero-order chi connectivity index (χ0) is 11.7. The molecule has 0 aromatic carbocycles. The third-order valence-electron chi connectivity index (χ3n) is 2.11. The topological polar surface area (TPSA) is 56.7 Å². The average molecular weight is 297 g/mol. The number of thiocarbonyl (C=S) groups is 1. The molecule has 4 nitrogen and oxygen atoms in total. The van der Waals surface area contributed by atoms with E-state index in [1.165, 1.54) is 0 Å². The Kier molecular flexibility index (Phi) is 3.02. The Labute approximate surface area is 107 Å². The Morgan fingerprint density at radius 2 is 2.25 bits per heavy atom. The highest BCUT2D eigenvalue weighted by Crippen LogP contribution is 2.16. The predicted octanol–water partition coefficient (Wildman–Crippen LogP) is 1.97. The van der Waals surface area contributed by atoms with E-state index in [0.29, 0.717) is 5.82 Å². The van der Waals surface area contributed by atoms with Gasteiger partial charge in [0.25, 0.3) is 0 Å². The van der Waals surface area contributed by atoms with Gasteiger partial charge in [-0.15, -0.1) is 0 Å². The molecular formula is C10H9BrN4S. The second-order valence-electron chi connectivity index (χ2n) is 3.22. The van der Waals surface area contributed by atoms with Gasteiger partial charge in [0.1, 0.15) is 10.8 Å². The molecule has 0 aliphatic carbocycles. The quantitative estimate of drug-likeness (QED) is 0.861. The number of rotatable bonds is 2. The number of nitrogens with two attached hydrogens (primary N) is 1. The van der Waals surface area contributed by atoms with E-state index in [-0.39, 0.29) is 4.99 Å². The van der Waals surface area contributed by atoms with Gasteiger partial charge in [-0.2, -0.15) is 0 Å². The maximum atomic E-state index is 5.58. The van der Waals surface area contributed by atoms with Gasteiger partial charge >= 0.3 is 0 Å². The fourth-order valence-electron chi connectivity index (χ4n) is 1.34. The summed E-state index contributed by atoms with van der Waals surface area (Å²) in [5.74, 6) is 1.30. The van der Waals surface area contributed by atoms with Crippen LogP contribution in [0.1, 0.15) is 11.5 Å². The predicted molar refractivity (Wildman–Crippen MR) is 69.7 cm³/mol. The van der Waals surface area contributed by atoms with E-state index >= 15 is 0 Å². The Balaban J connectivity index is 2.54. The number of imidazole rings is 1. The Hall–Kier alpha value is -1.27. The average Bonchev–Trinajstić information content (AvgIpc) is 2.71. The third kappa shape index (κ3) is 1.98. The van der Waals surface area contributed by atoms with Crippen LogP contribution in [0.2, 0.25) is 0 Å². The number of aromatic nitrogens is 3. The summed E-state index contributed by atoms with van der Waals surface area (Å²) in [6.45, 7) is 1.92. The summed E-state index contributed by atoms with van der Waals surface area (Å²) >= 11 is 8.32. The van der Waals surface area contributed by atoms with Gasteiger partial charge in [0.15, 0.2) is 5.82 Å². The van der Waals surface area contributed by atoms with Crippen molar-refractivity contribution < 1.29 is 0 Å². The SMILES string of the molecule is Cc1nc(-n2ccnc2C(N)=S)ccc1Br. The van der Waals surface area contributed by atoms with Crippen LogP contribution in [0.25, 0.3) is 5.82 Å². The van der Waals surface area contributed by atoms with Crippen LogP contribution < -0.4 is 5.73 Å². The lowest BCUT2D eigenvalue weighted by Crippen LogP contribution is -2.16. The van der Waals surface area contributed by atoms with Gasteiger partial charge < -0.3 is 5.73 Å². The van der Waals surface area contributed by atoms with E-state index in [9.17, 15) is 0 Å². The van der Waals surface area contributed by atoms with Gasteiger partial charge in [-0.25, -0.2) is 9.97 Å². The van der Waals surface area contributed by atoms with Crippen LogP contribution in [0.3, 0.4) is 0 Å². The molecule has 0 unspecified atom stereocenters. The first-order valence-corrected chi connectivity index (χ1v) is 5.76. The fourth-order valence-corrected chi connectivity index (χ4v) is 1.71. The number of hydrogen-bond acceptors (Lipinski definition) is 3. The standard InChI is InChI=1S/C10H9BrN4S/c1-6-7(11)2-3-8(14-6)15-5-4-13-10(15)9(12)16/h2-5H,1H3,(H2,12,16). The van der Waals surface area contributed by atoms with E-state index in [1.807, 2.05) is 19.1 Å². The lowest BCUT2D eigenvalue weighted by molar-refractivity contribution is 0.958. The first-order valence-electron chi connectivity index (χ1n) is 4.56. The summed E-state index contributed by atoms with van der Waals surface area (Å²) < 4.78 is 2.73. The molecule has 0 atom stereocenters. The molecule has 0 radical (unpaired) electrons. The molecular weight excluding hydrogens is 288 g/mol. The lowest BCUT2D eigenvalue weighted by Gasteiger charge is -2.07. The van der Waals surface area contributed by atoms with Crippen LogP contribution in [0, 0.1) is 6.92 Å². The molecule has 6 heteroatoms. The maximum Gasteiger partial charge on any atom is 0.173 e. The minimum absolute atomic E-state index is 0.257. The summed E-state index contributed by atoms with van der Waals surface area (Å²) in [6, 6.07) is 3.81. The zero-order valence-electron chi connectivity index (χ0n) is 8.51. The summed E-state index contributed by atoms with van der Waals surface area (Å²) in [5, 5.41) is 0. The molecule has 2 heterocycles. The van der Waals surface area contributed by atoms with Crippen LogP contribution in [0.15, 0.2) is 29.0 Å². The van der Waals surface area contributed by atoms with Crippen molar-refractivity contribution in [3.8, 4) is 5.82 Å². The monoisotopic (exact) mass is 296 g/mol. The Morgan fingerprint density at radius 1 is 1.50 bits per heavy atom. The van der Waals surface area contributed by atoms with E-state index < -0.39 is 0 Å². The molecule has 0 bridgehead atoms. The third-order valence-corrected chi connectivity index (χ3v) is 3.14. The molecule has 2 aromatic heterocycles. The van der Waals surface area contributed by atoms with Gasteiger partial charge in [-0.1, -0.05) is 12.2 Å². The highest BCUT2D eigenvalue weighted by Gasteiger charge is 2.09. The number of halogens is 1. The minimum Gasteiger partial charge on any atom is -0.387 e. The van der Waals surface area contributed by atoms with Gasteiger partial charge in [0.05, 0.1) is 5.69 Å². The molecule has 0 fully saturated rings. The van der Waals surface area contributed by atoms with Crippen molar-refractivity contribution in [2.24, 2.45) is 5.73 Å². The summed E-state index contributed by atoms with van der Waals surface area (Å²) in [6.07, 6.45) is 3.43. The first-order chi connectivity index (χ1) is 7.59. The fraction of sp³-hybridized carbons (Fsp3) is 0.100. The molecule has 2 aromatic rings. The number of nitrogens with zero attached hydrogens (tertiary/aromatic N) is 3. The van der Waals surface area contributed by atoms with Gasteiger partial charge in [0, 0.05) is 16.9 Å². The second-order valence-corrected chi connectivity index (χ2v) is 4.52. The molecule has 0 spiro atoms. The second kappa shape index (κ2) is 4.31. The first kappa shape index (κ1) is 11.2. The molecule has 2 N–H and O–H groups in total. The van der Waals surface area contributed by atoms with Crippen LogP contribution in [-0.4, -0.2) is 19.5 Å². The molecule has 2 rings (SSSR count). The normalized spacial score (nSPS) is 10.4. The highest BCUT2D eigenvalue weighted by molar-refractivity contribution is 9.10. The van der Waals surface area contributed by atoms with Crippen LogP contribution in [-0.2, 0) is 0 Å². The molecule has 82 valence electrons. The number of aryl methyl sites for hydroxylation is 1. The maximum absolute atomic E-state index is 5.58. The molecule has 0 amide bonds. The van der Waals surface area contributed by atoms with Crippen molar-refractivity contribution in [3.63, 3.8) is 0 Å². The number of pyridine rings is 1. The summed E-state index contributed by atoms with van der Waals surface area (Å²) in [4.78, 5) is 8.77. The van der Waals surface area contributed by atoms with E-state index in [1.54, 1.807) is 17.0 Å². The minimum atomic E-state index is 0.257. The Morgan fingerprint density at radius 3 is 2.88 bits per heavy atom.